The number of rotatable bonds is 5. The Morgan fingerprint density at radius 2 is 2.21 bits per heavy atom. The molecule has 1 aromatic carbocycles. The van der Waals surface area contributed by atoms with Gasteiger partial charge in [0.25, 0.3) is 5.91 Å². The van der Waals surface area contributed by atoms with E-state index in [-0.39, 0.29) is 5.57 Å². The van der Waals surface area contributed by atoms with Crippen molar-refractivity contribution in [2.45, 2.75) is 13.8 Å². The van der Waals surface area contributed by atoms with Gasteiger partial charge in [-0.2, -0.15) is 10.4 Å². The molecule has 6 heteroatoms. The number of aryl methyl sites for hydroxylation is 2. The van der Waals surface area contributed by atoms with Crippen LogP contribution in [-0.4, -0.2) is 22.3 Å². The van der Waals surface area contributed by atoms with Crippen LogP contribution in [0.1, 0.15) is 21.7 Å². The second-order valence-corrected chi connectivity index (χ2v) is 5.96. The van der Waals surface area contributed by atoms with E-state index < -0.39 is 5.91 Å². The van der Waals surface area contributed by atoms with Gasteiger partial charge in [-0.3, -0.25) is 4.79 Å². The van der Waals surface area contributed by atoms with E-state index in [1.54, 1.807) is 44.2 Å². The van der Waals surface area contributed by atoms with Crippen molar-refractivity contribution in [1.29, 1.82) is 5.26 Å². The number of aromatic nitrogens is 2. The minimum Gasteiger partial charge on any atom is -0.488 e. The smallest absolute Gasteiger partial charge is 0.289 e. The van der Waals surface area contributed by atoms with Crippen molar-refractivity contribution in [1.82, 2.24) is 9.78 Å². The Hall–Kier alpha value is -2.65. The van der Waals surface area contributed by atoms with E-state index in [4.69, 9.17) is 4.74 Å². The summed E-state index contributed by atoms with van der Waals surface area (Å²) in [4.78, 5) is 12.5. The number of allylic oxidation sites excluding steroid dienone is 1. The topological polar surface area (TPSA) is 67.9 Å². The first-order valence-corrected chi connectivity index (χ1v) is 7.98. The fourth-order valence-corrected chi connectivity index (χ4v) is 2.64. The molecular formula is C18H16BrN3O2. The normalized spacial score (nSPS) is 11.0. The predicted molar refractivity (Wildman–Crippen MR) is 95.8 cm³/mol. The zero-order chi connectivity index (χ0) is 17.7. The van der Waals surface area contributed by atoms with Crippen LogP contribution in [0.15, 0.2) is 47.0 Å². The lowest BCUT2D eigenvalue weighted by atomic mass is 10.1. The molecular weight excluding hydrogens is 370 g/mol. The third-order valence-electron chi connectivity index (χ3n) is 3.18. The molecule has 2 rings (SSSR count). The summed E-state index contributed by atoms with van der Waals surface area (Å²) in [5.41, 5.74) is 2.13. The molecule has 1 heterocycles. The van der Waals surface area contributed by atoms with Crippen LogP contribution in [0.4, 0.5) is 0 Å². The number of ether oxygens (including phenoxy) is 1. The number of nitrogens with zero attached hydrogens (tertiary/aromatic N) is 3. The number of halogens is 1. The lowest BCUT2D eigenvalue weighted by Crippen LogP contribution is -2.15. The van der Waals surface area contributed by atoms with Crippen molar-refractivity contribution in [3.05, 3.63) is 63.9 Å². The summed E-state index contributed by atoms with van der Waals surface area (Å²) in [5, 5.41) is 13.5. The second kappa shape index (κ2) is 7.75. The number of nitriles is 1. The first kappa shape index (κ1) is 17.7. The second-order valence-electron chi connectivity index (χ2n) is 5.10. The molecule has 0 bridgehead atoms. The van der Waals surface area contributed by atoms with Crippen molar-refractivity contribution in [3.63, 3.8) is 0 Å². The Balaban J connectivity index is 2.32. The minimum atomic E-state index is -0.453. The molecule has 5 nitrogen and oxygen atoms in total. The molecule has 1 aromatic heterocycles. The molecule has 122 valence electrons. The van der Waals surface area contributed by atoms with E-state index in [2.05, 4.69) is 27.6 Å². The van der Waals surface area contributed by atoms with Gasteiger partial charge in [0, 0.05) is 5.69 Å². The lowest BCUT2D eigenvalue weighted by molar-refractivity contribution is 0.0944. The number of carbonyl (C=O) groups is 1. The highest BCUT2D eigenvalue weighted by atomic mass is 79.9. The molecule has 0 N–H and O–H groups in total. The molecule has 0 spiro atoms. The van der Waals surface area contributed by atoms with E-state index in [1.807, 2.05) is 6.07 Å². The van der Waals surface area contributed by atoms with Crippen molar-refractivity contribution in [3.8, 4) is 11.8 Å². The van der Waals surface area contributed by atoms with Crippen LogP contribution in [0.5, 0.6) is 5.75 Å². The Kier molecular flexibility index (Phi) is 5.72. The highest BCUT2D eigenvalue weighted by Crippen LogP contribution is 2.27. The van der Waals surface area contributed by atoms with Crippen LogP contribution in [0.3, 0.4) is 0 Å². The molecule has 0 aliphatic rings. The maximum Gasteiger partial charge on any atom is 0.289 e. The summed E-state index contributed by atoms with van der Waals surface area (Å²) in [6, 6.07) is 9.05. The molecule has 0 saturated heterocycles. The molecule has 0 unspecified atom stereocenters. The van der Waals surface area contributed by atoms with Gasteiger partial charge in [0.05, 0.1) is 10.2 Å². The third-order valence-corrected chi connectivity index (χ3v) is 3.80. The molecule has 0 radical (unpaired) electrons. The van der Waals surface area contributed by atoms with E-state index in [0.717, 1.165) is 10.2 Å². The van der Waals surface area contributed by atoms with Gasteiger partial charge in [0.2, 0.25) is 0 Å². The van der Waals surface area contributed by atoms with Crippen LogP contribution in [-0.2, 0) is 0 Å². The predicted octanol–water partition coefficient (Wildman–Crippen LogP) is 4.07. The number of benzene rings is 1. The summed E-state index contributed by atoms with van der Waals surface area (Å²) in [6.07, 6.45) is 3.18. The molecule has 0 aliphatic carbocycles. The van der Waals surface area contributed by atoms with Gasteiger partial charge in [-0.05, 0) is 59.6 Å². The largest absolute Gasteiger partial charge is 0.488 e. The van der Waals surface area contributed by atoms with Crippen LogP contribution in [0.25, 0.3) is 6.08 Å². The van der Waals surface area contributed by atoms with Gasteiger partial charge in [-0.1, -0.05) is 18.7 Å². The van der Waals surface area contributed by atoms with Crippen molar-refractivity contribution in [2.24, 2.45) is 0 Å². The highest BCUT2D eigenvalue weighted by molar-refractivity contribution is 9.10. The molecule has 0 fully saturated rings. The highest BCUT2D eigenvalue weighted by Gasteiger charge is 2.15. The van der Waals surface area contributed by atoms with Gasteiger partial charge < -0.3 is 4.74 Å². The van der Waals surface area contributed by atoms with Gasteiger partial charge >= 0.3 is 0 Å². The Morgan fingerprint density at radius 3 is 2.75 bits per heavy atom. The fraction of sp³-hybridized carbons (Fsp3) is 0.167. The number of hydrogen-bond donors (Lipinski definition) is 0. The van der Waals surface area contributed by atoms with Crippen molar-refractivity contribution in [2.75, 3.05) is 6.61 Å². The standard InChI is InChI=1S/C18H16BrN3O2/c1-4-7-24-17-6-5-14(10-16(17)19)9-15(11-20)18(23)22-13(3)8-12(2)21-22/h4-6,8-10H,1,7H2,2-3H3/b15-9+. The molecule has 2 aromatic rings. The van der Waals surface area contributed by atoms with Crippen LogP contribution in [0.2, 0.25) is 0 Å². The fourth-order valence-electron chi connectivity index (χ4n) is 2.13. The van der Waals surface area contributed by atoms with Gasteiger partial charge in [0.15, 0.2) is 0 Å². The summed E-state index contributed by atoms with van der Waals surface area (Å²) in [6.45, 7) is 7.57. The average molecular weight is 386 g/mol. The summed E-state index contributed by atoms with van der Waals surface area (Å²) in [7, 11) is 0. The summed E-state index contributed by atoms with van der Waals surface area (Å²) < 4.78 is 7.44. The van der Waals surface area contributed by atoms with Crippen molar-refractivity contribution >= 4 is 27.9 Å². The van der Waals surface area contributed by atoms with Crippen LogP contribution < -0.4 is 4.74 Å². The molecule has 0 atom stereocenters. The van der Waals surface area contributed by atoms with E-state index in [9.17, 15) is 10.1 Å². The average Bonchev–Trinajstić information content (AvgIpc) is 2.89. The molecule has 24 heavy (non-hydrogen) atoms. The van der Waals surface area contributed by atoms with Gasteiger partial charge in [-0.15, -0.1) is 0 Å². The summed E-state index contributed by atoms with van der Waals surface area (Å²) >= 11 is 3.41. The maximum absolute atomic E-state index is 12.5. The quantitative estimate of drug-likeness (QED) is 0.441. The monoisotopic (exact) mass is 385 g/mol. The van der Waals surface area contributed by atoms with Gasteiger partial charge in [-0.25, -0.2) is 4.68 Å². The van der Waals surface area contributed by atoms with E-state index >= 15 is 0 Å². The van der Waals surface area contributed by atoms with Crippen LogP contribution in [0, 0.1) is 25.2 Å². The summed E-state index contributed by atoms with van der Waals surface area (Å²) in [5.74, 6) is 0.210. The number of hydrogen-bond acceptors (Lipinski definition) is 4. The molecule has 0 saturated carbocycles. The van der Waals surface area contributed by atoms with Crippen molar-refractivity contribution < 1.29 is 9.53 Å². The van der Waals surface area contributed by atoms with E-state index in [1.165, 1.54) is 10.8 Å². The van der Waals surface area contributed by atoms with Crippen LogP contribution >= 0.6 is 15.9 Å². The zero-order valence-corrected chi connectivity index (χ0v) is 15.0. The molecule has 0 aliphatic heterocycles. The Bertz CT molecular complexity index is 860. The number of carbonyl (C=O) groups excluding carboxylic acids is 1. The zero-order valence-electron chi connectivity index (χ0n) is 13.4. The first-order chi connectivity index (χ1) is 11.5. The van der Waals surface area contributed by atoms with Gasteiger partial charge in [0.1, 0.15) is 24.0 Å². The maximum atomic E-state index is 12.5. The SMILES string of the molecule is C=CCOc1ccc(/C=C(\C#N)C(=O)n2nc(C)cc2C)cc1Br. The lowest BCUT2D eigenvalue weighted by Gasteiger charge is -2.07. The molecule has 0 amide bonds. The minimum absolute atomic E-state index is 0.00728. The third kappa shape index (κ3) is 4.00. The Labute approximate surface area is 149 Å². The Morgan fingerprint density at radius 1 is 1.46 bits per heavy atom. The first-order valence-electron chi connectivity index (χ1n) is 7.19. The van der Waals surface area contributed by atoms with E-state index in [0.29, 0.717) is 23.6 Å².